The SMILES string of the molecule is COc1c(Br)cc(Cl)cc1S(=O)(=O)N1CC(C)c2ccccc21. The van der Waals surface area contributed by atoms with Gasteiger partial charge in [-0.3, -0.25) is 4.31 Å². The van der Waals surface area contributed by atoms with E-state index in [-0.39, 0.29) is 16.6 Å². The molecule has 0 radical (unpaired) electrons. The zero-order valence-corrected chi connectivity index (χ0v) is 15.7. The van der Waals surface area contributed by atoms with E-state index in [0.717, 1.165) is 5.56 Å². The maximum atomic E-state index is 13.2. The van der Waals surface area contributed by atoms with E-state index < -0.39 is 10.0 Å². The van der Waals surface area contributed by atoms with Crippen LogP contribution in [0.1, 0.15) is 18.4 Å². The summed E-state index contributed by atoms with van der Waals surface area (Å²) in [5.74, 6) is 0.390. The van der Waals surface area contributed by atoms with Crippen molar-refractivity contribution >= 4 is 43.2 Å². The summed E-state index contributed by atoms with van der Waals surface area (Å²) in [6.07, 6.45) is 0. The molecule has 122 valence electrons. The van der Waals surface area contributed by atoms with Gasteiger partial charge in [-0.25, -0.2) is 8.42 Å². The molecule has 0 aromatic heterocycles. The minimum Gasteiger partial charge on any atom is -0.494 e. The zero-order valence-electron chi connectivity index (χ0n) is 12.6. The van der Waals surface area contributed by atoms with Gasteiger partial charge in [0.25, 0.3) is 10.0 Å². The van der Waals surface area contributed by atoms with Crippen molar-refractivity contribution in [1.29, 1.82) is 0 Å². The van der Waals surface area contributed by atoms with Gasteiger partial charge in [0.05, 0.1) is 17.3 Å². The topological polar surface area (TPSA) is 46.6 Å². The molecule has 4 nitrogen and oxygen atoms in total. The molecule has 23 heavy (non-hydrogen) atoms. The summed E-state index contributed by atoms with van der Waals surface area (Å²) >= 11 is 9.36. The van der Waals surface area contributed by atoms with E-state index in [0.29, 0.717) is 21.7 Å². The predicted octanol–water partition coefficient (Wildman–Crippen LogP) is 4.42. The number of halogens is 2. The summed E-state index contributed by atoms with van der Waals surface area (Å²) in [6.45, 7) is 2.41. The van der Waals surface area contributed by atoms with Crippen molar-refractivity contribution < 1.29 is 13.2 Å². The molecule has 0 spiro atoms. The monoisotopic (exact) mass is 415 g/mol. The van der Waals surface area contributed by atoms with E-state index in [1.54, 1.807) is 6.07 Å². The third-order valence-corrected chi connectivity index (χ3v) is 6.51. The molecule has 0 aliphatic carbocycles. The number of hydrogen-bond acceptors (Lipinski definition) is 3. The highest BCUT2D eigenvalue weighted by Crippen LogP contribution is 2.43. The number of nitrogens with zero attached hydrogens (tertiary/aromatic N) is 1. The van der Waals surface area contributed by atoms with Gasteiger partial charge in [0.1, 0.15) is 4.90 Å². The van der Waals surface area contributed by atoms with E-state index in [1.165, 1.54) is 17.5 Å². The quantitative estimate of drug-likeness (QED) is 0.744. The van der Waals surface area contributed by atoms with Crippen LogP contribution in [0.5, 0.6) is 5.75 Å². The number of fused-ring (bicyclic) bond motifs is 1. The first-order valence-electron chi connectivity index (χ1n) is 7.01. The average Bonchev–Trinajstić information content (AvgIpc) is 2.85. The molecule has 1 atom stereocenters. The molecule has 0 saturated carbocycles. The third kappa shape index (κ3) is 2.73. The molecule has 0 amide bonds. The predicted molar refractivity (Wildman–Crippen MR) is 95.1 cm³/mol. The smallest absolute Gasteiger partial charge is 0.268 e. The van der Waals surface area contributed by atoms with Gasteiger partial charge in [-0.05, 0) is 39.7 Å². The first-order valence-corrected chi connectivity index (χ1v) is 9.62. The second-order valence-electron chi connectivity index (χ2n) is 5.42. The Hall–Kier alpha value is -1.24. The third-order valence-electron chi connectivity index (χ3n) is 3.92. The van der Waals surface area contributed by atoms with Crippen LogP contribution in [0.3, 0.4) is 0 Å². The Kier molecular flexibility index (Phi) is 4.33. The van der Waals surface area contributed by atoms with Gasteiger partial charge in [-0.2, -0.15) is 0 Å². The van der Waals surface area contributed by atoms with Gasteiger partial charge in [-0.1, -0.05) is 36.7 Å². The van der Waals surface area contributed by atoms with Crippen LogP contribution in [-0.4, -0.2) is 22.1 Å². The van der Waals surface area contributed by atoms with E-state index in [1.807, 2.05) is 31.2 Å². The fourth-order valence-electron chi connectivity index (χ4n) is 2.85. The van der Waals surface area contributed by atoms with Crippen LogP contribution in [0.25, 0.3) is 0 Å². The molecule has 3 rings (SSSR count). The van der Waals surface area contributed by atoms with Gasteiger partial charge >= 0.3 is 0 Å². The molecular weight excluding hydrogens is 402 g/mol. The lowest BCUT2D eigenvalue weighted by Gasteiger charge is -2.22. The van der Waals surface area contributed by atoms with Crippen LogP contribution in [0.4, 0.5) is 5.69 Å². The summed E-state index contributed by atoms with van der Waals surface area (Å²) in [4.78, 5) is 0.0586. The van der Waals surface area contributed by atoms with Gasteiger partial charge in [0.2, 0.25) is 0 Å². The number of anilines is 1. The number of ether oxygens (including phenoxy) is 1. The van der Waals surface area contributed by atoms with Crippen LogP contribution in [0.2, 0.25) is 5.02 Å². The average molecular weight is 417 g/mol. The van der Waals surface area contributed by atoms with Crippen molar-refractivity contribution in [3.8, 4) is 5.75 Å². The van der Waals surface area contributed by atoms with Crippen LogP contribution in [0, 0.1) is 0 Å². The molecule has 1 unspecified atom stereocenters. The summed E-state index contributed by atoms with van der Waals surface area (Å²) in [5, 5.41) is 0.330. The zero-order chi connectivity index (χ0) is 16.8. The maximum absolute atomic E-state index is 13.2. The molecule has 0 fully saturated rings. The van der Waals surface area contributed by atoms with E-state index in [2.05, 4.69) is 15.9 Å². The van der Waals surface area contributed by atoms with Gasteiger partial charge < -0.3 is 4.74 Å². The fraction of sp³-hybridized carbons (Fsp3) is 0.250. The first kappa shape index (κ1) is 16.6. The van der Waals surface area contributed by atoms with Crippen molar-refractivity contribution in [1.82, 2.24) is 0 Å². The van der Waals surface area contributed by atoms with Crippen LogP contribution in [-0.2, 0) is 10.0 Å². The molecule has 0 N–H and O–H groups in total. The van der Waals surface area contributed by atoms with E-state index in [4.69, 9.17) is 16.3 Å². The molecule has 1 aliphatic heterocycles. The minimum atomic E-state index is -3.78. The van der Waals surface area contributed by atoms with Crippen molar-refractivity contribution in [3.63, 3.8) is 0 Å². The highest BCUT2D eigenvalue weighted by atomic mass is 79.9. The van der Waals surface area contributed by atoms with Gasteiger partial charge in [-0.15, -0.1) is 0 Å². The van der Waals surface area contributed by atoms with Gasteiger partial charge in [0, 0.05) is 17.5 Å². The molecule has 1 aliphatic rings. The largest absolute Gasteiger partial charge is 0.494 e. The summed E-state index contributed by atoms with van der Waals surface area (Å²) in [5.41, 5.74) is 1.73. The lowest BCUT2D eigenvalue weighted by molar-refractivity contribution is 0.400. The molecule has 1 heterocycles. The normalized spacial score (nSPS) is 17.2. The lowest BCUT2D eigenvalue weighted by Crippen LogP contribution is -2.30. The van der Waals surface area contributed by atoms with E-state index in [9.17, 15) is 8.42 Å². The summed E-state index contributed by atoms with van der Waals surface area (Å²) in [7, 11) is -2.34. The highest BCUT2D eigenvalue weighted by Gasteiger charge is 2.36. The Bertz CT molecular complexity index is 870. The molecule has 0 saturated heterocycles. The van der Waals surface area contributed by atoms with Gasteiger partial charge in [0.15, 0.2) is 5.75 Å². The fourth-order valence-corrected chi connectivity index (χ4v) is 5.80. The number of benzene rings is 2. The standard InChI is InChI=1S/C16H15BrClNO3S/c1-10-9-19(14-6-4-3-5-12(10)14)23(20,21)15-8-11(18)7-13(17)16(15)22-2/h3-8,10H,9H2,1-2H3. The Balaban J connectivity index is 2.18. The number of rotatable bonds is 3. The highest BCUT2D eigenvalue weighted by molar-refractivity contribution is 9.10. The van der Waals surface area contributed by atoms with Crippen LogP contribution in [0.15, 0.2) is 45.8 Å². The van der Waals surface area contributed by atoms with Crippen molar-refractivity contribution in [2.45, 2.75) is 17.7 Å². The lowest BCUT2D eigenvalue weighted by atomic mass is 10.0. The first-order chi connectivity index (χ1) is 10.9. The van der Waals surface area contributed by atoms with Crippen molar-refractivity contribution in [2.75, 3.05) is 18.0 Å². The molecule has 2 aromatic carbocycles. The summed E-state index contributed by atoms with van der Waals surface area (Å²) in [6, 6.07) is 10.6. The Morgan fingerprint density at radius 3 is 2.70 bits per heavy atom. The number of hydrogen-bond donors (Lipinski definition) is 0. The second-order valence-corrected chi connectivity index (χ2v) is 8.54. The Morgan fingerprint density at radius 2 is 2.00 bits per heavy atom. The molecule has 7 heteroatoms. The Morgan fingerprint density at radius 1 is 1.30 bits per heavy atom. The molecule has 0 bridgehead atoms. The second kappa shape index (κ2) is 6.00. The minimum absolute atomic E-state index is 0.0586. The van der Waals surface area contributed by atoms with Crippen molar-refractivity contribution in [3.05, 3.63) is 51.5 Å². The molecular formula is C16H15BrClNO3S. The molecule has 2 aromatic rings. The van der Waals surface area contributed by atoms with Crippen LogP contribution < -0.4 is 9.04 Å². The Labute approximate surface area is 149 Å². The number of sulfonamides is 1. The van der Waals surface area contributed by atoms with Crippen LogP contribution >= 0.6 is 27.5 Å². The number of para-hydroxylation sites is 1. The summed E-state index contributed by atoms with van der Waals surface area (Å²) < 4.78 is 33.6. The maximum Gasteiger partial charge on any atom is 0.268 e. The van der Waals surface area contributed by atoms with E-state index >= 15 is 0 Å². The number of methoxy groups -OCH3 is 1. The van der Waals surface area contributed by atoms with Crippen molar-refractivity contribution in [2.24, 2.45) is 0 Å².